The third-order valence-electron chi connectivity index (χ3n) is 10.5. The van der Waals surface area contributed by atoms with E-state index in [9.17, 15) is 0 Å². The molecule has 4 aromatic rings. The molecule has 3 aliphatic rings. The second-order valence-electron chi connectivity index (χ2n) is 13.5. The first-order valence-corrected chi connectivity index (χ1v) is 16.2. The second-order valence-corrected chi connectivity index (χ2v) is 13.5. The third kappa shape index (κ3) is 4.53. The first-order valence-electron chi connectivity index (χ1n) is 16.2. The number of rotatable bonds is 6. The molecule has 1 heteroatoms. The molecular formula is C43H43N. The highest BCUT2D eigenvalue weighted by Gasteiger charge is 2.39. The number of allylic oxidation sites excluding steroid dienone is 6. The molecule has 0 amide bonds. The number of para-hydroxylation sites is 1. The summed E-state index contributed by atoms with van der Waals surface area (Å²) in [5.41, 5.74) is 17.9. The molecule has 2 atom stereocenters. The van der Waals surface area contributed by atoms with Crippen molar-refractivity contribution in [1.82, 2.24) is 0 Å². The van der Waals surface area contributed by atoms with E-state index in [0.717, 1.165) is 19.4 Å². The molecule has 7 rings (SSSR count). The number of hydrogen-bond acceptors (Lipinski definition) is 1. The van der Waals surface area contributed by atoms with Crippen LogP contribution in [0.3, 0.4) is 0 Å². The Morgan fingerprint density at radius 3 is 2.34 bits per heavy atom. The minimum absolute atomic E-state index is 0.0859. The molecule has 0 bridgehead atoms. The van der Waals surface area contributed by atoms with E-state index in [2.05, 4.69) is 155 Å². The summed E-state index contributed by atoms with van der Waals surface area (Å²) in [6.45, 7) is 17.1. The Balaban J connectivity index is 1.29. The van der Waals surface area contributed by atoms with Gasteiger partial charge in [-0.2, -0.15) is 0 Å². The maximum atomic E-state index is 4.25. The van der Waals surface area contributed by atoms with E-state index in [1.807, 2.05) is 0 Å². The molecule has 1 aliphatic heterocycles. The number of hydrogen-bond donors (Lipinski definition) is 0. The van der Waals surface area contributed by atoms with Gasteiger partial charge in [0.05, 0.1) is 0 Å². The Labute approximate surface area is 264 Å². The third-order valence-corrected chi connectivity index (χ3v) is 10.5. The van der Waals surface area contributed by atoms with E-state index in [-0.39, 0.29) is 5.41 Å². The van der Waals surface area contributed by atoms with Crippen molar-refractivity contribution in [2.45, 2.75) is 52.9 Å². The van der Waals surface area contributed by atoms with E-state index < -0.39 is 0 Å². The van der Waals surface area contributed by atoms with E-state index in [1.165, 1.54) is 72.6 Å². The Hall–Kier alpha value is -4.36. The summed E-state index contributed by atoms with van der Waals surface area (Å²) >= 11 is 0. The van der Waals surface area contributed by atoms with Crippen molar-refractivity contribution in [2.24, 2.45) is 11.8 Å². The fourth-order valence-corrected chi connectivity index (χ4v) is 8.25. The van der Waals surface area contributed by atoms with Crippen molar-refractivity contribution in [3.8, 4) is 22.3 Å². The van der Waals surface area contributed by atoms with Crippen molar-refractivity contribution in [2.75, 3.05) is 11.4 Å². The summed E-state index contributed by atoms with van der Waals surface area (Å²) in [6, 6.07) is 33.6. The highest BCUT2D eigenvalue weighted by molar-refractivity contribution is 5.87. The fraction of sp³-hybridized carbons (Fsp3) is 0.256. The van der Waals surface area contributed by atoms with Crippen LogP contribution in [0.15, 0.2) is 133 Å². The molecule has 0 saturated carbocycles. The molecule has 0 radical (unpaired) electrons. The van der Waals surface area contributed by atoms with Gasteiger partial charge in [-0.15, -0.1) is 0 Å². The van der Waals surface area contributed by atoms with Crippen molar-refractivity contribution in [1.29, 1.82) is 0 Å². The number of nitrogens with zero attached hydrogens (tertiary/aromatic N) is 1. The molecule has 0 fully saturated rings. The van der Waals surface area contributed by atoms with Crippen LogP contribution in [0.4, 0.5) is 5.69 Å². The van der Waals surface area contributed by atoms with E-state index in [4.69, 9.17) is 0 Å². The molecule has 0 N–H and O–H groups in total. The van der Waals surface area contributed by atoms with Crippen LogP contribution in [0.25, 0.3) is 27.8 Å². The normalized spacial score (nSPS) is 20.2. The zero-order valence-corrected chi connectivity index (χ0v) is 26.8. The number of benzene rings is 4. The molecule has 44 heavy (non-hydrogen) atoms. The Morgan fingerprint density at radius 2 is 1.61 bits per heavy atom. The van der Waals surface area contributed by atoms with E-state index in [0.29, 0.717) is 11.8 Å². The van der Waals surface area contributed by atoms with Crippen molar-refractivity contribution in [3.05, 3.63) is 155 Å². The second kappa shape index (κ2) is 11.0. The summed E-state index contributed by atoms with van der Waals surface area (Å²) in [6.07, 6.45) is 8.98. The van der Waals surface area contributed by atoms with E-state index in [1.54, 1.807) is 0 Å². The maximum Gasteiger partial charge on any atom is 0.0408 e. The highest BCUT2D eigenvalue weighted by Crippen LogP contribution is 2.53. The summed E-state index contributed by atoms with van der Waals surface area (Å²) in [7, 11) is 0. The van der Waals surface area contributed by atoms with Gasteiger partial charge in [0, 0.05) is 35.2 Å². The summed E-state index contributed by atoms with van der Waals surface area (Å²) in [4.78, 5) is 2.59. The highest BCUT2D eigenvalue weighted by atomic mass is 15.2. The first-order chi connectivity index (χ1) is 21.3. The average Bonchev–Trinajstić information content (AvgIpc) is 3.53. The van der Waals surface area contributed by atoms with Gasteiger partial charge in [0.2, 0.25) is 0 Å². The van der Waals surface area contributed by atoms with Gasteiger partial charge in [0.25, 0.3) is 0 Å². The summed E-state index contributed by atoms with van der Waals surface area (Å²) < 4.78 is 0. The zero-order chi connectivity index (χ0) is 30.6. The molecule has 220 valence electrons. The van der Waals surface area contributed by atoms with Crippen LogP contribution in [0.1, 0.15) is 62.8 Å². The predicted octanol–water partition coefficient (Wildman–Crippen LogP) is 11.3. The van der Waals surface area contributed by atoms with Crippen LogP contribution >= 0.6 is 0 Å². The molecule has 4 aromatic carbocycles. The minimum atomic E-state index is -0.0859. The van der Waals surface area contributed by atoms with Crippen LogP contribution in [0.5, 0.6) is 0 Å². The SMILES string of the molecule is C=C/C(C)=C(\CC1CN(c2ccccc2)C2=C1C=CCC2C)c1ccc2c(c1C)C(C)(C)c1cc(-c3ccccc3)ccc1-2. The summed E-state index contributed by atoms with van der Waals surface area (Å²) in [5, 5.41) is 0. The average molecular weight is 574 g/mol. The van der Waals surface area contributed by atoms with Gasteiger partial charge < -0.3 is 4.90 Å². The molecule has 0 saturated heterocycles. The van der Waals surface area contributed by atoms with Crippen LogP contribution in [0, 0.1) is 18.8 Å². The Bertz CT molecular complexity index is 1850. The smallest absolute Gasteiger partial charge is 0.0408 e. The molecule has 1 heterocycles. The first kappa shape index (κ1) is 28.4. The molecule has 0 aromatic heterocycles. The lowest BCUT2D eigenvalue weighted by Gasteiger charge is -2.28. The monoisotopic (exact) mass is 573 g/mol. The molecular weight excluding hydrogens is 530 g/mol. The Morgan fingerprint density at radius 1 is 0.909 bits per heavy atom. The largest absolute Gasteiger partial charge is 0.344 e. The van der Waals surface area contributed by atoms with Crippen LogP contribution < -0.4 is 4.90 Å². The molecule has 1 nitrogen and oxygen atoms in total. The lowest BCUT2D eigenvalue weighted by atomic mass is 9.77. The van der Waals surface area contributed by atoms with Gasteiger partial charge in [-0.1, -0.05) is 118 Å². The van der Waals surface area contributed by atoms with Crippen LogP contribution in [-0.2, 0) is 5.41 Å². The number of fused-ring (bicyclic) bond motifs is 3. The van der Waals surface area contributed by atoms with Crippen LogP contribution in [-0.4, -0.2) is 6.54 Å². The fourth-order valence-electron chi connectivity index (χ4n) is 8.25. The van der Waals surface area contributed by atoms with Gasteiger partial charge in [-0.05, 0) is 106 Å². The summed E-state index contributed by atoms with van der Waals surface area (Å²) in [5.74, 6) is 0.954. The van der Waals surface area contributed by atoms with E-state index >= 15 is 0 Å². The van der Waals surface area contributed by atoms with Gasteiger partial charge in [0.15, 0.2) is 0 Å². The van der Waals surface area contributed by atoms with Crippen molar-refractivity contribution in [3.63, 3.8) is 0 Å². The molecule has 0 spiro atoms. The molecule has 2 aliphatic carbocycles. The zero-order valence-electron chi connectivity index (χ0n) is 26.8. The lowest BCUT2D eigenvalue weighted by Crippen LogP contribution is -2.24. The van der Waals surface area contributed by atoms with Gasteiger partial charge in [-0.3, -0.25) is 0 Å². The van der Waals surface area contributed by atoms with Gasteiger partial charge in [-0.25, -0.2) is 0 Å². The maximum absolute atomic E-state index is 4.25. The van der Waals surface area contributed by atoms with Gasteiger partial charge >= 0.3 is 0 Å². The number of anilines is 1. The van der Waals surface area contributed by atoms with Crippen molar-refractivity contribution >= 4 is 11.3 Å². The van der Waals surface area contributed by atoms with Crippen molar-refractivity contribution < 1.29 is 0 Å². The minimum Gasteiger partial charge on any atom is -0.344 e. The lowest BCUT2D eigenvalue weighted by molar-refractivity contribution is 0.654. The standard InChI is InChI=1S/C43H43N/c1-7-28(2)39(25-33-27-44(34-18-12-9-13-19-34)42-29(3)15-14-20-36(33)42)35-23-24-38-37-22-21-32(31-16-10-8-11-17-31)26-40(37)43(5,6)41(38)30(35)4/h7-14,16-24,26,29,33H,1,15,25,27H2,2-6H3/b39-28+. The topological polar surface area (TPSA) is 3.24 Å². The van der Waals surface area contributed by atoms with Gasteiger partial charge in [0.1, 0.15) is 0 Å². The van der Waals surface area contributed by atoms with Crippen LogP contribution in [0.2, 0.25) is 0 Å². The quantitative estimate of drug-likeness (QED) is 0.207. The molecule has 2 unspecified atom stereocenters. The predicted molar refractivity (Wildman–Crippen MR) is 189 cm³/mol. The Kier molecular flexibility index (Phi) is 7.08.